The Morgan fingerprint density at radius 2 is 2.03 bits per heavy atom. The number of benzene rings is 1. The fraction of sp³-hybridized carbons (Fsp3) is 0.200. The lowest BCUT2D eigenvalue weighted by molar-refractivity contribution is 0.0698. The summed E-state index contributed by atoms with van der Waals surface area (Å²) in [5.74, 6) is 0.329. The van der Waals surface area contributed by atoms with Crippen LogP contribution in [0.3, 0.4) is 0 Å². The summed E-state index contributed by atoms with van der Waals surface area (Å²) in [6, 6.07) is 13.4. The number of sulfonamides is 1. The van der Waals surface area contributed by atoms with Crippen molar-refractivity contribution in [1.82, 2.24) is 5.01 Å². The van der Waals surface area contributed by atoms with E-state index < -0.39 is 16.1 Å². The second-order valence-electron chi connectivity index (χ2n) is 6.62. The number of anilines is 1. The molecule has 1 unspecified atom stereocenters. The average Bonchev–Trinajstić information content (AvgIpc) is 3.48. The third kappa shape index (κ3) is 4.28. The normalized spacial score (nSPS) is 16.5. The first-order chi connectivity index (χ1) is 14.4. The van der Waals surface area contributed by atoms with Crippen molar-refractivity contribution < 1.29 is 17.6 Å². The fourth-order valence-electron chi connectivity index (χ4n) is 3.10. The number of furan rings is 1. The van der Waals surface area contributed by atoms with Crippen molar-refractivity contribution in [3.8, 4) is 0 Å². The van der Waals surface area contributed by atoms with Crippen molar-refractivity contribution >= 4 is 50.3 Å². The zero-order valence-electron chi connectivity index (χ0n) is 15.9. The highest BCUT2D eigenvalue weighted by atomic mass is 35.5. The molecular formula is C20H18ClN3O4S2. The Bertz CT molecular complexity index is 1190. The highest BCUT2D eigenvalue weighted by Gasteiger charge is 2.36. The van der Waals surface area contributed by atoms with Crippen LogP contribution in [-0.2, 0) is 10.0 Å². The molecule has 156 valence electrons. The van der Waals surface area contributed by atoms with Gasteiger partial charge in [0.1, 0.15) is 11.8 Å². The van der Waals surface area contributed by atoms with Gasteiger partial charge in [0.05, 0.1) is 16.3 Å². The summed E-state index contributed by atoms with van der Waals surface area (Å²) in [6.45, 7) is 1.57. The van der Waals surface area contributed by atoms with E-state index in [0.717, 1.165) is 5.56 Å². The third-order valence-corrected chi connectivity index (χ3v) is 7.01. The number of thiophene rings is 1. The van der Waals surface area contributed by atoms with Gasteiger partial charge < -0.3 is 4.42 Å². The van der Waals surface area contributed by atoms with Crippen LogP contribution >= 0.6 is 22.9 Å². The molecule has 1 aromatic carbocycles. The van der Waals surface area contributed by atoms with E-state index in [4.69, 9.17) is 16.0 Å². The van der Waals surface area contributed by atoms with Crippen LogP contribution < -0.4 is 4.72 Å². The molecule has 1 atom stereocenters. The van der Waals surface area contributed by atoms with Gasteiger partial charge in [-0.1, -0.05) is 18.2 Å². The predicted molar refractivity (Wildman–Crippen MR) is 118 cm³/mol. The van der Waals surface area contributed by atoms with Crippen LogP contribution in [0, 0.1) is 0 Å². The third-order valence-electron chi connectivity index (χ3n) is 4.64. The minimum Gasteiger partial charge on any atom is -0.447 e. The Morgan fingerprint density at radius 3 is 2.63 bits per heavy atom. The monoisotopic (exact) mass is 463 g/mol. The first kappa shape index (κ1) is 20.6. The fourth-order valence-corrected chi connectivity index (χ4v) is 4.54. The van der Waals surface area contributed by atoms with Crippen LogP contribution in [0.15, 0.2) is 63.4 Å². The lowest BCUT2D eigenvalue weighted by atomic mass is 10.0. The molecule has 7 nitrogen and oxygen atoms in total. The minimum atomic E-state index is -3.35. The maximum atomic E-state index is 13.0. The molecular weight excluding hydrogens is 446 g/mol. The molecule has 10 heteroatoms. The number of hydrogen-bond acceptors (Lipinski definition) is 6. The van der Waals surface area contributed by atoms with Gasteiger partial charge in [-0.05, 0) is 59.8 Å². The summed E-state index contributed by atoms with van der Waals surface area (Å²) < 4.78 is 31.6. The van der Waals surface area contributed by atoms with Crippen LogP contribution in [-0.4, -0.2) is 30.8 Å². The van der Waals surface area contributed by atoms with Crippen LogP contribution in [0.1, 0.15) is 40.4 Å². The number of halogens is 1. The number of carbonyl (C=O) groups excluding carboxylic acids is 1. The van der Waals surface area contributed by atoms with E-state index in [1.807, 2.05) is 11.4 Å². The molecule has 1 amide bonds. The van der Waals surface area contributed by atoms with E-state index in [9.17, 15) is 13.2 Å². The van der Waals surface area contributed by atoms with Gasteiger partial charge in [-0.25, -0.2) is 13.4 Å². The van der Waals surface area contributed by atoms with Gasteiger partial charge in [0.25, 0.3) is 5.91 Å². The van der Waals surface area contributed by atoms with Crippen molar-refractivity contribution in [1.29, 1.82) is 0 Å². The summed E-state index contributed by atoms with van der Waals surface area (Å²) in [7, 11) is -3.35. The van der Waals surface area contributed by atoms with Crippen molar-refractivity contribution in [2.45, 2.75) is 19.4 Å². The van der Waals surface area contributed by atoms with E-state index in [0.29, 0.717) is 28.5 Å². The molecule has 1 N–H and O–H groups in total. The summed E-state index contributed by atoms with van der Waals surface area (Å²) in [6.07, 6.45) is 0.445. The van der Waals surface area contributed by atoms with E-state index in [-0.39, 0.29) is 16.9 Å². The van der Waals surface area contributed by atoms with Gasteiger partial charge >= 0.3 is 0 Å². The summed E-state index contributed by atoms with van der Waals surface area (Å²) >= 11 is 7.28. The Hall–Kier alpha value is -2.62. The number of amides is 1. The lowest BCUT2D eigenvalue weighted by Crippen LogP contribution is -2.26. The number of hydrogen-bond donors (Lipinski definition) is 1. The molecule has 0 saturated carbocycles. The summed E-state index contributed by atoms with van der Waals surface area (Å²) in [5.41, 5.74) is 1.96. The Kier molecular flexibility index (Phi) is 5.68. The number of rotatable bonds is 6. The molecule has 2 aromatic heterocycles. The molecule has 3 aromatic rings. The highest BCUT2D eigenvalue weighted by molar-refractivity contribution is 7.92. The maximum Gasteiger partial charge on any atom is 0.284 e. The van der Waals surface area contributed by atoms with Gasteiger partial charge in [-0.2, -0.15) is 5.10 Å². The predicted octanol–water partition coefficient (Wildman–Crippen LogP) is 4.75. The van der Waals surface area contributed by atoms with Crippen LogP contribution in [0.25, 0.3) is 0 Å². The zero-order valence-corrected chi connectivity index (χ0v) is 18.3. The number of nitrogens with zero attached hydrogens (tertiary/aromatic N) is 2. The first-order valence-electron chi connectivity index (χ1n) is 9.17. The van der Waals surface area contributed by atoms with E-state index in [1.165, 1.54) is 16.3 Å². The second-order valence-corrected chi connectivity index (χ2v) is 9.95. The molecule has 0 aliphatic carbocycles. The minimum absolute atomic E-state index is 0.00532. The summed E-state index contributed by atoms with van der Waals surface area (Å²) in [4.78, 5) is 13.6. The van der Waals surface area contributed by atoms with Crippen molar-refractivity contribution in [2.24, 2.45) is 5.10 Å². The van der Waals surface area contributed by atoms with Gasteiger partial charge in [0.15, 0.2) is 5.22 Å². The standard InChI is InChI=1S/C20H18ClN3O4S2/c1-2-30(26,27)23-14-7-5-13(6-8-14)15-12-16(17-9-10-19(21)28-17)24(22-15)20(25)18-4-3-11-29-18/h3-11,16,23H,2,12H2,1H3. The smallest absolute Gasteiger partial charge is 0.284 e. The van der Waals surface area contributed by atoms with Crippen molar-refractivity contribution in [3.05, 3.63) is 75.3 Å². The Balaban J connectivity index is 1.63. The van der Waals surface area contributed by atoms with E-state index >= 15 is 0 Å². The van der Waals surface area contributed by atoms with Crippen LogP contribution in [0.2, 0.25) is 5.22 Å². The maximum absolute atomic E-state index is 13.0. The quantitative estimate of drug-likeness (QED) is 0.571. The SMILES string of the molecule is CCS(=O)(=O)Nc1ccc(C2=NN(C(=O)c3cccs3)C(c3ccc(Cl)o3)C2)cc1. The lowest BCUT2D eigenvalue weighted by Gasteiger charge is -2.19. The highest BCUT2D eigenvalue weighted by Crippen LogP contribution is 2.36. The van der Waals surface area contributed by atoms with E-state index in [2.05, 4.69) is 9.82 Å². The molecule has 0 spiro atoms. The molecule has 0 bridgehead atoms. The molecule has 0 radical (unpaired) electrons. The average molecular weight is 464 g/mol. The molecule has 0 fully saturated rings. The van der Waals surface area contributed by atoms with Crippen LogP contribution in [0.4, 0.5) is 5.69 Å². The first-order valence-corrected chi connectivity index (χ1v) is 12.1. The molecule has 3 heterocycles. The van der Waals surface area contributed by atoms with Crippen molar-refractivity contribution in [2.75, 3.05) is 10.5 Å². The number of hydrazone groups is 1. The zero-order chi connectivity index (χ0) is 21.3. The van der Waals surface area contributed by atoms with E-state index in [1.54, 1.807) is 49.4 Å². The molecule has 30 heavy (non-hydrogen) atoms. The van der Waals surface area contributed by atoms with Gasteiger partial charge in [-0.3, -0.25) is 9.52 Å². The topological polar surface area (TPSA) is 92.0 Å². The summed E-state index contributed by atoms with van der Waals surface area (Å²) in [5, 5.41) is 8.07. The van der Waals surface area contributed by atoms with Gasteiger partial charge in [0.2, 0.25) is 10.0 Å². The van der Waals surface area contributed by atoms with Gasteiger partial charge in [-0.15, -0.1) is 11.3 Å². The van der Waals surface area contributed by atoms with Crippen molar-refractivity contribution in [3.63, 3.8) is 0 Å². The molecule has 1 aliphatic rings. The molecule has 4 rings (SSSR count). The number of nitrogens with one attached hydrogen (secondary N) is 1. The molecule has 1 aliphatic heterocycles. The van der Waals surface area contributed by atoms with Crippen LogP contribution in [0.5, 0.6) is 0 Å². The Labute approximate surface area is 183 Å². The van der Waals surface area contributed by atoms with Gasteiger partial charge in [0, 0.05) is 12.1 Å². The largest absolute Gasteiger partial charge is 0.447 e. The molecule has 0 saturated heterocycles. The number of carbonyl (C=O) groups is 1. The second kappa shape index (κ2) is 8.25. The Morgan fingerprint density at radius 1 is 1.27 bits per heavy atom.